The first-order valence-electron chi connectivity index (χ1n) is 3.74. The van der Waals surface area contributed by atoms with E-state index in [9.17, 15) is 8.42 Å². The summed E-state index contributed by atoms with van der Waals surface area (Å²) in [6, 6.07) is 3.35. The Kier molecular flexibility index (Phi) is 3.90. The minimum Gasteiger partial charge on any atom is -0.330 e. The van der Waals surface area contributed by atoms with Gasteiger partial charge in [-0.1, -0.05) is 0 Å². The van der Waals surface area contributed by atoms with E-state index in [2.05, 4.69) is 15.9 Å². The summed E-state index contributed by atoms with van der Waals surface area (Å²) in [6.07, 6.45) is 0.512. The maximum Gasteiger partial charge on any atom is 0.187 e. The number of sulfone groups is 1. The number of hydrogen-bond donors (Lipinski definition) is 1. The molecule has 0 aliphatic carbocycles. The molecule has 0 saturated carbocycles. The van der Waals surface area contributed by atoms with Crippen LogP contribution in [0.25, 0.3) is 0 Å². The van der Waals surface area contributed by atoms with Crippen LogP contribution in [0.3, 0.4) is 0 Å². The first-order valence-corrected chi connectivity index (χ1v) is 7.00. The average Bonchev–Trinajstić information content (AvgIpc) is 2.49. The number of halogens is 1. The second-order valence-electron chi connectivity index (χ2n) is 2.52. The fourth-order valence-electron chi connectivity index (χ4n) is 0.839. The molecule has 1 rings (SSSR count). The van der Waals surface area contributed by atoms with Gasteiger partial charge in [0.2, 0.25) is 0 Å². The van der Waals surface area contributed by atoms with Crippen LogP contribution in [0, 0.1) is 0 Å². The zero-order valence-electron chi connectivity index (χ0n) is 6.86. The molecule has 6 heteroatoms. The summed E-state index contributed by atoms with van der Waals surface area (Å²) >= 11 is 4.46. The molecular weight excluding hydrogens is 274 g/mol. The van der Waals surface area contributed by atoms with Crippen LogP contribution in [0.5, 0.6) is 0 Å². The first-order chi connectivity index (χ1) is 6.06. The van der Waals surface area contributed by atoms with Crippen molar-refractivity contribution in [2.45, 2.75) is 10.6 Å². The molecule has 74 valence electrons. The van der Waals surface area contributed by atoms with Crippen molar-refractivity contribution in [3.05, 3.63) is 15.9 Å². The van der Waals surface area contributed by atoms with Gasteiger partial charge in [-0.05, 0) is 41.0 Å². The molecule has 0 radical (unpaired) electrons. The molecule has 0 aliphatic heterocycles. The molecule has 3 nitrogen and oxygen atoms in total. The molecule has 1 heterocycles. The summed E-state index contributed by atoms with van der Waals surface area (Å²) in [4.78, 5) is 0. The first kappa shape index (κ1) is 11.2. The lowest BCUT2D eigenvalue weighted by Crippen LogP contribution is -2.10. The zero-order chi connectivity index (χ0) is 9.90. The van der Waals surface area contributed by atoms with Crippen molar-refractivity contribution in [2.24, 2.45) is 5.73 Å². The van der Waals surface area contributed by atoms with Gasteiger partial charge in [-0.15, -0.1) is 11.3 Å². The van der Waals surface area contributed by atoms with E-state index < -0.39 is 9.84 Å². The number of thiophene rings is 1. The van der Waals surface area contributed by atoms with Crippen LogP contribution in [0.2, 0.25) is 0 Å². The van der Waals surface area contributed by atoms with E-state index in [0.29, 0.717) is 17.2 Å². The summed E-state index contributed by atoms with van der Waals surface area (Å²) < 4.78 is 24.3. The number of rotatable bonds is 4. The minimum atomic E-state index is -3.09. The van der Waals surface area contributed by atoms with E-state index >= 15 is 0 Å². The Hall–Kier alpha value is 0.0900. The topological polar surface area (TPSA) is 60.2 Å². The molecule has 0 atom stereocenters. The highest BCUT2D eigenvalue weighted by Gasteiger charge is 2.15. The van der Waals surface area contributed by atoms with E-state index in [-0.39, 0.29) is 5.75 Å². The molecule has 13 heavy (non-hydrogen) atoms. The van der Waals surface area contributed by atoms with Gasteiger partial charge in [0.25, 0.3) is 0 Å². The number of nitrogens with two attached hydrogens (primary N) is 1. The lowest BCUT2D eigenvalue weighted by Gasteiger charge is -1.98. The Morgan fingerprint density at radius 1 is 1.46 bits per heavy atom. The van der Waals surface area contributed by atoms with Gasteiger partial charge < -0.3 is 5.73 Å². The van der Waals surface area contributed by atoms with Gasteiger partial charge in [0.1, 0.15) is 4.21 Å². The van der Waals surface area contributed by atoms with Gasteiger partial charge in [0.05, 0.1) is 9.54 Å². The zero-order valence-corrected chi connectivity index (χ0v) is 10.1. The Bertz CT molecular complexity index is 372. The second-order valence-corrected chi connectivity index (χ2v) is 7.32. The van der Waals surface area contributed by atoms with Crippen LogP contribution in [-0.4, -0.2) is 20.7 Å². The third kappa shape index (κ3) is 3.05. The lowest BCUT2D eigenvalue weighted by molar-refractivity contribution is 0.595. The monoisotopic (exact) mass is 283 g/mol. The molecule has 0 unspecified atom stereocenters. The molecule has 0 bridgehead atoms. The number of hydrogen-bond acceptors (Lipinski definition) is 4. The molecule has 1 aromatic rings. The summed E-state index contributed by atoms with van der Waals surface area (Å²) in [6.45, 7) is 0.409. The quantitative estimate of drug-likeness (QED) is 0.914. The molecule has 0 aliphatic rings. The van der Waals surface area contributed by atoms with Gasteiger partial charge in [0.15, 0.2) is 9.84 Å². The van der Waals surface area contributed by atoms with Crippen molar-refractivity contribution in [3.8, 4) is 0 Å². The molecule has 0 saturated heterocycles. The summed E-state index contributed by atoms with van der Waals surface area (Å²) in [5.41, 5.74) is 5.25. The molecule has 0 aromatic carbocycles. The van der Waals surface area contributed by atoms with E-state index in [4.69, 9.17) is 5.73 Å². The van der Waals surface area contributed by atoms with Crippen molar-refractivity contribution >= 4 is 37.1 Å². The Morgan fingerprint density at radius 3 is 2.62 bits per heavy atom. The van der Waals surface area contributed by atoms with Crippen LogP contribution < -0.4 is 5.73 Å². The standard InChI is InChI=1S/C7H10BrNO2S2/c8-6-2-3-7(12-6)13(10,11)5-1-4-9/h2-3H,1,4-5,9H2. The van der Waals surface area contributed by atoms with Gasteiger partial charge >= 0.3 is 0 Å². The fraction of sp³-hybridized carbons (Fsp3) is 0.429. The Balaban J connectivity index is 2.82. The lowest BCUT2D eigenvalue weighted by atomic mass is 10.5. The highest BCUT2D eigenvalue weighted by Crippen LogP contribution is 2.26. The van der Waals surface area contributed by atoms with Gasteiger partial charge in [-0.3, -0.25) is 0 Å². The minimum absolute atomic E-state index is 0.135. The van der Waals surface area contributed by atoms with Crippen molar-refractivity contribution < 1.29 is 8.42 Å². The molecule has 0 fully saturated rings. The summed E-state index contributed by atoms with van der Waals surface area (Å²) in [5, 5.41) is 0. The maximum absolute atomic E-state index is 11.5. The largest absolute Gasteiger partial charge is 0.330 e. The van der Waals surface area contributed by atoms with Crippen molar-refractivity contribution in [1.29, 1.82) is 0 Å². The van der Waals surface area contributed by atoms with Crippen LogP contribution in [0.15, 0.2) is 20.1 Å². The van der Waals surface area contributed by atoms with E-state index in [1.54, 1.807) is 12.1 Å². The van der Waals surface area contributed by atoms with Gasteiger partial charge in [-0.25, -0.2) is 8.42 Å². The second kappa shape index (κ2) is 4.54. The predicted octanol–water partition coefficient (Wildman–Crippen LogP) is 1.63. The van der Waals surface area contributed by atoms with Gasteiger partial charge in [-0.2, -0.15) is 0 Å². The van der Waals surface area contributed by atoms with Crippen LogP contribution in [0.4, 0.5) is 0 Å². The molecule has 1 aromatic heterocycles. The Morgan fingerprint density at radius 2 is 2.15 bits per heavy atom. The van der Waals surface area contributed by atoms with E-state index in [1.807, 2.05) is 0 Å². The van der Waals surface area contributed by atoms with E-state index in [0.717, 1.165) is 3.79 Å². The van der Waals surface area contributed by atoms with E-state index in [1.165, 1.54) is 11.3 Å². The predicted molar refractivity (Wildman–Crippen MR) is 57.7 cm³/mol. The molecular formula is C7H10BrNO2S2. The average molecular weight is 284 g/mol. The van der Waals surface area contributed by atoms with Gasteiger partial charge in [0, 0.05) is 0 Å². The molecule has 2 N–H and O–H groups in total. The van der Waals surface area contributed by atoms with Crippen molar-refractivity contribution in [2.75, 3.05) is 12.3 Å². The highest BCUT2D eigenvalue weighted by molar-refractivity contribution is 9.11. The summed E-state index contributed by atoms with van der Waals surface area (Å²) in [7, 11) is -3.09. The Labute approximate surface area is 90.0 Å². The summed E-state index contributed by atoms with van der Waals surface area (Å²) in [5.74, 6) is 0.135. The highest BCUT2D eigenvalue weighted by atomic mass is 79.9. The van der Waals surface area contributed by atoms with Crippen LogP contribution in [0.1, 0.15) is 6.42 Å². The van der Waals surface area contributed by atoms with Crippen molar-refractivity contribution in [1.82, 2.24) is 0 Å². The smallest absolute Gasteiger partial charge is 0.187 e. The van der Waals surface area contributed by atoms with Crippen LogP contribution >= 0.6 is 27.3 Å². The molecule has 0 spiro atoms. The SMILES string of the molecule is NCCCS(=O)(=O)c1ccc(Br)s1. The maximum atomic E-state index is 11.5. The fourth-order valence-corrected chi connectivity index (χ4v) is 4.33. The van der Waals surface area contributed by atoms with Crippen LogP contribution in [-0.2, 0) is 9.84 Å². The van der Waals surface area contributed by atoms with Crippen molar-refractivity contribution in [3.63, 3.8) is 0 Å². The third-order valence-corrected chi connectivity index (χ3v) is 5.48. The normalized spacial score (nSPS) is 11.8. The third-order valence-electron chi connectivity index (χ3n) is 1.47. The molecule has 0 amide bonds.